The Hall–Kier alpha value is -1.32. The third kappa shape index (κ3) is 2.92. The molecule has 1 atom stereocenters. The first-order chi connectivity index (χ1) is 10.9. The molecule has 118 valence electrons. The van der Waals surface area contributed by atoms with Gasteiger partial charge < -0.3 is 15.2 Å². The Morgan fingerprint density at radius 2 is 1.95 bits per heavy atom. The number of hydrogen-bond acceptors (Lipinski definition) is 2. The smallest absolute Gasteiger partial charge is 0.0456 e. The summed E-state index contributed by atoms with van der Waals surface area (Å²) in [5, 5.41) is 5.04. The van der Waals surface area contributed by atoms with Gasteiger partial charge in [-0.3, -0.25) is 0 Å². The molecule has 0 radical (unpaired) electrons. The summed E-state index contributed by atoms with van der Waals surface area (Å²) in [4.78, 5) is 6.11. The van der Waals surface area contributed by atoms with Crippen molar-refractivity contribution >= 4 is 10.9 Å². The van der Waals surface area contributed by atoms with Gasteiger partial charge in [0, 0.05) is 23.1 Å². The summed E-state index contributed by atoms with van der Waals surface area (Å²) in [7, 11) is 0. The van der Waals surface area contributed by atoms with E-state index in [-0.39, 0.29) is 0 Å². The first-order valence-electron chi connectivity index (χ1n) is 8.92. The van der Waals surface area contributed by atoms with E-state index in [1.54, 1.807) is 0 Å². The van der Waals surface area contributed by atoms with Gasteiger partial charge in [0.15, 0.2) is 0 Å². The predicted octanol–water partition coefficient (Wildman–Crippen LogP) is 3.49. The summed E-state index contributed by atoms with van der Waals surface area (Å²) in [6, 6.07) is 9.50. The summed E-state index contributed by atoms with van der Waals surface area (Å²) in [6.07, 6.45) is 8.93. The van der Waals surface area contributed by atoms with Gasteiger partial charge in [-0.25, -0.2) is 0 Å². The number of H-pyrrole nitrogens is 1. The molecule has 0 unspecified atom stereocenters. The first kappa shape index (κ1) is 14.3. The van der Waals surface area contributed by atoms with Crippen LogP contribution in [0.2, 0.25) is 0 Å². The predicted molar refractivity (Wildman–Crippen MR) is 92.4 cm³/mol. The third-order valence-electron chi connectivity index (χ3n) is 5.60. The molecule has 0 saturated carbocycles. The Morgan fingerprint density at radius 1 is 1.09 bits per heavy atom. The molecule has 0 amide bonds. The molecule has 0 spiro atoms. The average Bonchev–Trinajstić information content (AvgIpc) is 3.23. The van der Waals surface area contributed by atoms with E-state index < -0.39 is 0 Å². The maximum absolute atomic E-state index is 3.62. The molecule has 1 aromatic heterocycles. The van der Waals surface area contributed by atoms with Crippen LogP contribution in [0.15, 0.2) is 30.5 Å². The number of fused-ring (bicyclic) bond motifs is 1. The van der Waals surface area contributed by atoms with Crippen LogP contribution in [0.5, 0.6) is 0 Å². The molecule has 0 bridgehead atoms. The van der Waals surface area contributed by atoms with Crippen molar-refractivity contribution in [3.05, 3.63) is 36.0 Å². The number of nitrogens with zero attached hydrogens (tertiary/aromatic N) is 1. The van der Waals surface area contributed by atoms with E-state index in [2.05, 4.69) is 45.7 Å². The van der Waals surface area contributed by atoms with Crippen LogP contribution in [-0.2, 0) is 0 Å². The molecule has 4 rings (SSSR count). The molecule has 3 heteroatoms. The maximum Gasteiger partial charge on any atom is 0.0456 e. The van der Waals surface area contributed by atoms with E-state index in [1.807, 2.05) is 0 Å². The molecule has 22 heavy (non-hydrogen) atoms. The number of benzene rings is 1. The van der Waals surface area contributed by atoms with Crippen molar-refractivity contribution in [1.82, 2.24) is 15.2 Å². The van der Waals surface area contributed by atoms with Gasteiger partial charge in [0.05, 0.1) is 0 Å². The molecule has 2 aliphatic rings. The lowest BCUT2D eigenvalue weighted by Gasteiger charge is -2.32. The van der Waals surface area contributed by atoms with Gasteiger partial charge in [-0.1, -0.05) is 18.2 Å². The zero-order chi connectivity index (χ0) is 14.8. The van der Waals surface area contributed by atoms with Crippen molar-refractivity contribution in [3.63, 3.8) is 0 Å². The summed E-state index contributed by atoms with van der Waals surface area (Å²) < 4.78 is 0. The molecule has 2 fully saturated rings. The number of piperidine rings is 1. The summed E-state index contributed by atoms with van der Waals surface area (Å²) >= 11 is 0. The largest absolute Gasteiger partial charge is 0.361 e. The van der Waals surface area contributed by atoms with E-state index in [4.69, 9.17) is 0 Å². The minimum atomic E-state index is 0.733. The summed E-state index contributed by atoms with van der Waals surface area (Å²) in [5.41, 5.74) is 2.82. The minimum absolute atomic E-state index is 0.733. The standard InChI is InChI=1S/C19H27N3/c1-2-6-19-17(5-1)18(14-21-19)15-7-11-22(12-8-15)13-9-16-4-3-10-20-16/h1-2,5-6,14-16,20-21H,3-4,7-13H2/t16-/m0/s1. The third-order valence-corrected chi connectivity index (χ3v) is 5.60. The van der Waals surface area contributed by atoms with Crippen LogP contribution in [0.25, 0.3) is 10.9 Å². The van der Waals surface area contributed by atoms with Gasteiger partial charge in [-0.05, 0) is 75.8 Å². The highest BCUT2D eigenvalue weighted by molar-refractivity contribution is 5.83. The van der Waals surface area contributed by atoms with Crippen molar-refractivity contribution in [3.8, 4) is 0 Å². The quantitative estimate of drug-likeness (QED) is 0.905. The van der Waals surface area contributed by atoms with Crippen molar-refractivity contribution in [2.75, 3.05) is 26.2 Å². The van der Waals surface area contributed by atoms with Crippen molar-refractivity contribution in [2.24, 2.45) is 0 Å². The zero-order valence-corrected chi connectivity index (χ0v) is 13.4. The number of likely N-dealkylation sites (tertiary alicyclic amines) is 1. The van der Waals surface area contributed by atoms with Gasteiger partial charge in [-0.15, -0.1) is 0 Å². The van der Waals surface area contributed by atoms with Gasteiger partial charge in [0.2, 0.25) is 0 Å². The lowest BCUT2D eigenvalue weighted by atomic mass is 9.89. The normalized spacial score (nSPS) is 24.3. The number of nitrogens with one attached hydrogen (secondary N) is 2. The first-order valence-corrected chi connectivity index (χ1v) is 8.92. The van der Waals surface area contributed by atoms with Crippen LogP contribution in [0.4, 0.5) is 0 Å². The molecule has 3 nitrogen and oxygen atoms in total. The Kier molecular flexibility index (Phi) is 4.17. The summed E-state index contributed by atoms with van der Waals surface area (Å²) in [5.74, 6) is 0.733. The van der Waals surface area contributed by atoms with Crippen molar-refractivity contribution in [1.29, 1.82) is 0 Å². The lowest BCUT2D eigenvalue weighted by Crippen LogP contribution is -2.36. The van der Waals surface area contributed by atoms with Gasteiger partial charge in [0.25, 0.3) is 0 Å². The second-order valence-electron chi connectivity index (χ2n) is 6.99. The number of rotatable bonds is 4. The minimum Gasteiger partial charge on any atom is -0.361 e. The fourth-order valence-corrected chi connectivity index (χ4v) is 4.24. The van der Waals surface area contributed by atoms with E-state index in [1.165, 1.54) is 74.7 Å². The van der Waals surface area contributed by atoms with Gasteiger partial charge >= 0.3 is 0 Å². The highest BCUT2D eigenvalue weighted by Gasteiger charge is 2.23. The summed E-state index contributed by atoms with van der Waals surface area (Å²) in [6.45, 7) is 5.03. The van der Waals surface area contributed by atoms with E-state index in [9.17, 15) is 0 Å². The van der Waals surface area contributed by atoms with Crippen molar-refractivity contribution in [2.45, 2.75) is 44.1 Å². The fraction of sp³-hybridized carbons (Fsp3) is 0.579. The lowest BCUT2D eigenvalue weighted by molar-refractivity contribution is 0.204. The van der Waals surface area contributed by atoms with Crippen LogP contribution in [0, 0.1) is 0 Å². The Labute approximate surface area is 133 Å². The van der Waals surface area contributed by atoms with E-state index in [0.717, 1.165) is 12.0 Å². The van der Waals surface area contributed by atoms with Crippen LogP contribution in [-0.4, -0.2) is 42.1 Å². The highest BCUT2D eigenvalue weighted by atomic mass is 15.1. The number of aromatic nitrogens is 1. The second-order valence-corrected chi connectivity index (χ2v) is 6.99. The van der Waals surface area contributed by atoms with Crippen molar-refractivity contribution < 1.29 is 0 Å². The Bertz CT molecular complexity index is 604. The SMILES string of the molecule is c1ccc2c(C3CCN(CC[C@@H]4CCCN4)CC3)c[nH]c2c1. The molecule has 2 saturated heterocycles. The molecule has 0 aliphatic carbocycles. The number of aromatic amines is 1. The number of hydrogen-bond donors (Lipinski definition) is 2. The average molecular weight is 297 g/mol. The van der Waals surface area contributed by atoms with Crippen LogP contribution in [0.1, 0.15) is 43.6 Å². The topological polar surface area (TPSA) is 31.1 Å². The molecule has 3 heterocycles. The van der Waals surface area contributed by atoms with Gasteiger partial charge in [0.1, 0.15) is 0 Å². The molecule has 1 aromatic carbocycles. The highest BCUT2D eigenvalue weighted by Crippen LogP contribution is 2.33. The maximum atomic E-state index is 3.62. The van der Waals surface area contributed by atoms with E-state index >= 15 is 0 Å². The molecular weight excluding hydrogens is 270 g/mol. The zero-order valence-electron chi connectivity index (χ0n) is 13.4. The number of para-hydroxylation sites is 1. The fourth-order valence-electron chi connectivity index (χ4n) is 4.24. The van der Waals surface area contributed by atoms with Crippen LogP contribution < -0.4 is 5.32 Å². The Morgan fingerprint density at radius 3 is 2.77 bits per heavy atom. The monoisotopic (exact) mass is 297 g/mol. The van der Waals surface area contributed by atoms with Gasteiger partial charge in [-0.2, -0.15) is 0 Å². The van der Waals surface area contributed by atoms with Crippen LogP contribution >= 0.6 is 0 Å². The molecular formula is C19H27N3. The molecule has 2 N–H and O–H groups in total. The Balaban J connectivity index is 1.33. The second kappa shape index (κ2) is 6.43. The molecule has 2 aliphatic heterocycles. The van der Waals surface area contributed by atoms with E-state index in [0.29, 0.717) is 0 Å². The van der Waals surface area contributed by atoms with Crippen LogP contribution in [0.3, 0.4) is 0 Å². The molecule has 2 aromatic rings.